The van der Waals surface area contributed by atoms with E-state index in [2.05, 4.69) is 28.2 Å². The minimum absolute atomic E-state index is 0.0642. The Morgan fingerprint density at radius 1 is 0.701 bits per heavy atom. The topological polar surface area (TPSA) is 285 Å². The van der Waals surface area contributed by atoms with Gasteiger partial charge in [0.25, 0.3) is 0 Å². The van der Waals surface area contributed by atoms with Gasteiger partial charge in [0, 0.05) is 39.3 Å². The number of esters is 2. The summed E-state index contributed by atoms with van der Waals surface area (Å²) in [6, 6.07) is -3.80. The minimum Gasteiger partial charge on any atom is -0.394 e. The lowest BCUT2D eigenvalue weighted by molar-refractivity contribution is -0.267. The van der Waals surface area contributed by atoms with Gasteiger partial charge < -0.3 is 61.6 Å². The van der Waals surface area contributed by atoms with Gasteiger partial charge in [0.1, 0.15) is 36.4 Å². The number of ether oxygens (including phenoxy) is 3. The molecule has 0 aromatic rings. The first-order valence-electron chi connectivity index (χ1n) is 25.7. The third-order valence-electron chi connectivity index (χ3n) is 12.2. The van der Waals surface area contributed by atoms with Crippen molar-refractivity contribution >= 4 is 35.6 Å². The van der Waals surface area contributed by atoms with Gasteiger partial charge in [-0.2, -0.15) is 0 Å². The maximum absolute atomic E-state index is 13.1. The standard InChI is InChI=1S/C49H91N5O13/c1-5-6-7-8-9-10-11-12-13-14-15-16-19-22-25-28-40(58)51-32-27-24-21-18-17-20-23-26-29-41(59)67-42(60)31-30-38(47(50)62)54-48(63)43(36(3)56)52-33-35(2)65-46-44(53-37(4)57)49(64)66-39(34-55)45(46)61/h35-36,38-39,43-46,49,52,55-56,61,64H,5-34H2,1-4H3,(H2,50,62)(H,51,58)(H,53,57)(H,54,63)/t35?,36-,38-,39-,43+,44-,45-,46-,49+/m1/s1. The molecule has 1 rings (SSSR count). The minimum atomic E-state index is -1.60. The van der Waals surface area contributed by atoms with E-state index in [0.717, 1.165) is 57.8 Å². The van der Waals surface area contributed by atoms with Crippen molar-refractivity contribution in [1.82, 2.24) is 21.3 Å². The van der Waals surface area contributed by atoms with Crippen molar-refractivity contribution in [2.24, 2.45) is 5.73 Å². The summed E-state index contributed by atoms with van der Waals surface area (Å²) in [4.78, 5) is 73.9. The third-order valence-corrected chi connectivity index (χ3v) is 12.2. The van der Waals surface area contributed by atoms with Gasteiger partial charge in [-0.1, -0.05) is 135 Å². The van der Waals surface area contributed by atoms with Crippen molar-refractivity contribution in [1.29, 1.82) is 0 Å². The van der Waals surface area contributed by atoms with Crippen LogP contribution < -0.4 is 27.0 Å². The smallest absolute Gasteiger partial charge is 0.313 e. The maximum Gasteiger partial charge on any atom is 0.313 e. The van der Waals surface area contributed by atoms with Crippen LogP contribution in [0.5, 0.6) is 0 Å². The van der Waals surface area contributed by atoms with Gasteiger partial charge in [-0.05, 0) is 39.5 Å². The molecule has 1 heterocycles. The van der Waals surface area contributed by atoms with Gasteiger partial charge in [-0.3, -0.25) is 28.8 Å². The number of nitrogens with one attached hydrogen (secondary N) is 4. The molecule has 9 atom stereocenters. The highest BCUT2D eigenvalue weighted by Gasteiger charge is 2.46. The van der Waals surface area contributed by atoms with E-state index in [4.69, 9.17) is 19.9 Å². The van der Waals surface area contributed by atoms with Gasteiger partial charge in [0.05, 0.1) is 18.8 Å². The van der Waals surface area contributed by atoms with E-state index in [9.17, 15) is 49.2 Å². The van der Waals surface area contributed by atoms with Crippen LogP contribution in [0.3, 0.4) is 0 Å². The number of nitrogens with two attached hydrogens (primary N) is 1. The number of carbonyl (C=O) groups excluding carboxylic acids is 6. The molecule has 0 radical (unpaired) electrons. The Morgan fingerprint density at radius 2 is 1.19 bits per heavy atom. The summed E-state index contributed by atoms with van der Waals surface area (Å²) < 4.78 is 16.0. The molecule has 0 aliphatic carbocycles. The fourth-order valence-corrected chi connectivity index (χ4v) is 8.19. The molecule has 1 aliphatic rings. The molecule has 1 saturated heterocycles. The van der Waals surface area contributed by atoms with Crippen LogP contribution in [0.2, 0.25) is 0 Å². The summed E-state index contributed by atoms with van der Waals surface area (Å²) in [5.41, 5.74) is 5.48. The molecule has 1 fully saturated rings. The lowest BCUT2D eigenvalue weighted by Crippen LogP contribution is -2.65. The van der Waals surface area contributed by atoms with Gasteiger partial charge in [0.15, 0.2) is 6.29 Å². The predicted molar refractivity (Wildman–Crippen MR) is 255 cm³/mol. The average molecular weight is 958 g/mol. The van der Waals surface area contributed by atoms with Crippen LogP contribution in [0, 0.1) is 0 Å². The van der Waals surface area contributed by atoms with Crippen LogP contribution in [-0.2, 0) is 43.0 Å². The van der Waals surface area contributed by atoms with E-state index in [0.29, 0.717) is 19.4 Å². The molecule has 1 unspecified atom stereocenters. The first-order valence-corrected chi connectivity index (χ1v) is 25.7. The zero-order valence-electron chi connectivity index (χ0n) is 41.4. The van der Waals surface area contributed by atoms with E-state index >= 15 is 0 Å². The SMILES string of the molecule is CCCCCCCCCCCCCCCCCC(=O)NCCCCCCCCCCC(=O)OC(=O)CC[C@@H](NC(=O)[C@@H](NCC(C)O[C@H]1[C@H](O)[C@@H](CO)O[C@H](O)[C@@H]1NC(C)=O)[C@@H](C)O)C(N)=O. The summed E-state index contributed by atoms with van der Waals surface area (Å²) in [7, 11) is 0. The second kappa shape index (κ2) is 38.6. The highest BCUT2D eigenvalue weighted by molar-refractivity contribution is 5.90. The normalized spacial score (nSPS) is 20.0. The first-order chi connectivity index (χ1) is 32.1. The molecule has 10 N–H and O–H groups in total. The Labute approximate surface area is 400 Å². The van der Waals surface area contributed by atoms with Crippen LogP contribution in [0.4, 0.5) is 0 Å². The number of carbonyl (C=O) groups is 6. The molecule has 4 amide bonds. The zero-order valence-corrected chi connectivity index (χ0v) is 41.4. The van der Waals surface area contributed by atoms with E-state index in [1.54, 1.807) is 6.92 Å². The first kappa shape index (κ1) is 61.8. The molecule has 0 saturated carbocycles. The van der Waals surface area contributed by atoms with E-state index in [1.165, 1.54) is 97.3 Å². The van der Waals surface area contributed by atoms with Gasteiger partial charge in [-0.15, -0.1) is 0 Å². The lowest BCUT2D eigenvalue weighted by atomic mass is 9.96. The van der Waals surface area contributed by atoms with Crippen LogP contribution in [-0.4, -0.2) is 131 Å². The number of hydrogen-bond acceptors (Lipinski definition) is 14. The monoisotopic (exact) mass is 958 g/mol. The van der Waals surface area contributed by atoms with Crippen molar-refractivity contribution in [2.45, 2.75) is 256 Å². The second-order valence-corrected chi connectivity index (χ2v) is 18.5. The summed E-state index contributed by atoms with van der Waals surface area (Å²) in [5.74, 6) is -3.70. The quantitative estimate of drug-likeness (QED) is 0.0234. The third kappa shape index (κ3) is 30.1. The Bertz CT molecular complexity index is 1370. The highest BCUT2D eigenvalue weighted by Crippen LogP contribution is 2.24. The maximum atomic E-state index is 13.1. The number of primary amides is 1. The lowest BCUT2D eigenvalue weighted by Gasteiger charge is -2.43. The summed E-state index contributed by atoms with van der Waals surface area (Å²) in [5, 5.41) is 51.7. The van der Waals surface area contributed by atoms with Gasteiger partial charge >= 0.3 is 11.9 Å². The number of amides is 4. The predicted octanol–water partition coefficient (Wildman–Crippen LogP) is 4.38. The fourth-order valence-electron chi connectivity index (χ4n) is 8.19. The number of aliphatic hydroxyl groups excluding tert-OH is 4. The average Bonchev–Trinajstić information content (AvgIpc) is 3.27. The van der Waals surface area contributed by atoms with Gasteiger partial charge in [0.2, 0.25) is 23.6 Å². The molecule has 0 spiro atoms. The fraction of sp³-hybridized carbons (Fsp3) is 0.878. The van der Waals surface area contributed by atoms with Crippen LogP contribution in [0.1, 0.15) is 201 Å². The van der Waals surface area contributed by atoms with Crippen molar-refractivity contribution in [3.8, 4) is 0 Å². The molecule has 0 bridgehead atoms. The molecule has 18 nitrogen and oxygen atoms in total. The largest absolute Gasteiger partial charge is 0.394 e. The molecule has 1 aliphatic heterocycles. The molecule has 0 aromatic heterocycles. The Morgan fingerprint density at radius 3 is 1.69 bits per heavy atom. The molecule has 67 heavy (non-hydrogen) atoms. The number of rotatable bonds is 41. The van der Waals surface area contributed by atoms with Crippen molar-refractivity contribution in [3.63, 3.8) is 0 Å². The van der Waals surface area contributed by atoms with Crippen LogP contribution >= 0.6 is 0 Å². The molecule has 18 heteroatoms. The number of hydrogen-bond donors (Lipinski definition) is 9. The van der Waals surface area contributed by atoms with E-state index in [-0.39, 0.29) is 31.7 Å². The Balaban J connectivity index is 2.18. The molecule has 0 aromatic carbocycles. The van der Waals surface area contributed by atoms with Crippen LogP contribution in [0.15, 0.2) is 0 Å². The molecule has 390 valence electrons. The van der Waals surface area contributed by atoms with Crippen LogP contribution in [0.25, 0.3) is 0 Å². The summed E-state index contributed by atoms with van der Waals surface area (Å²) >= 11 is 0. The van der Waals surface area contributed by atoms with Crippen molar-refractivity contribution in [3.05, 3.63) is 0 Å². The van der Waals surface area contributed by atoms with Crippen molar-refractivity contribution in [2.75, 3.05) is 19.7 Å². The molecular weight excluding hydrogens is 867 g/mol. The Hall–Kier alpha value is -3.26. The highest BCUT2D eigenvalue weighted by atomic mass is 16.6. The number of aliphatic hydroxyl groups is 4. The summed E-state index contributed by atoms with van der Waals surface area (Å²) in [6.45, 7) is 6.33. The van der Waals surface area contributed by atoms with Crippen molar-refractivity contribution < 1.29 is 63.4 Å². The number of unbranched alkanes of at least 4 members (excludes halogenated alkanes) is 21. The molecular formula is C49H91N5O13. The van der Waals surface area contributed by atoms with E-state index < -0.39 is 91.2 Å². The Kier molecular flexibility index (Phi) is 35.6. The summed E-state index contributed by atoms with van der Waals surface area (Å²) in [6.07, 6.45) is 19.6. The van der Waals surface area contributed by atoms with E-state index in [1.807, 2.05) is 0 Å². The zero-order chi connectivity index (χ0) is 49.8. The second-order valence-electron chi connectivity index (χ2n) is 18.5. The van der Waals surface area contributed by atoms with Gasteiger partial charge in [-0.25, -0.2) is 0 Å².